The average molecular weight is 242 g/mol. The second kappa shape index (κ2) is 6.24. The van der Waals surface area contributed by atoms with E-state index in [4.69, 9.17) is 4.74 Å². The fourth-order valence-electron chi connectivity index (χ4n) is 2.36. The normalized spacial score (nSPS) is 18.2. The molecule has 1 heterocycles. The van der Waals surface area contributed by atoms with Gasteiger partial charge in [0, 0.05) is 18.6 Å². The van der Waals surface area contributed by atoms with Crippen LogP contribution >= 0.6 is 0 Å². The molecular weight excluding hydrogens is 216 g/mol. The first-order valence-electron chi connectivity index (χ1n) is 6.59. The van der Waals surface area contributed by atoms with Gasteiger partial charge in [0.15, 0.2) is 0 Å². The molecule has 0 spiro atoms. The first-order chi connectivity index (χ1) is 7.98. The third kappa shape index (κ3) is 4.54. The number of carbonyl (C=O) groups is 1. The number of nitrogens with zero attached hydrogens (tertiary/aromatic N) is 1. The minimum atomic E-state index is -0.154. The van der Waals surface area contributed by atoms with E-state index in [0.29, 0.717) is 12.5 Å². The molecule has 1 aliphatic rings. The van der Waals surface area contributed by atoms with Gasteiger partial charge < -0.3 is 15.0 Å². The highest BCUT2D eigenvalue weighted by Crippen LogP contribution is 2.26. The van der Waals surface area contributed by atoms with E-state index in [2.05, 4.69) is 19.2 Å². The Kier molecular flexibility index (Phi) is 5.25. The number of piperidine rings is 1. The maximum atomic E-state index is 11.5. The lowest BCUT2D eigenvalue weighted by molar-refractivity contribution is 0.0879. The van der Waals surface area contributed by atoms with Crippen LogP contribution in [0.1, 0.15) is 40.0 Å². The highest BCUT2D eigenvalue weighted by molar-refractivity contribution is 5.67. The van der Waals surface area contributed by atoms with Crippen molar-refractivity contribution in [3.8, 4) is 0 Å². The number of carbonyl (C=O) groups excluding carboxylic acids is 1. The van der Waals surface area contributed by atoms with E-state index in [1.165, 1.54) is 6.42 Å². The van der Waals surface area contributed by atoms with Crippen molar-refractivity contribution in [1.29, 1.82) is 0 Å². The lowest BCUT2D eigenvalue weighted by Gasteiger charge is -2.35. The second-order valence-corrected chi connectivity index (χ2v) is 5.47. The molecule has 1 saturated heterocycles. The molecule has 1 rings (SSSR count). The Labute approximate surface area is 105 Å². The van der Waals surface area contributed by atoms with E-state index < -0.39 is 0 Å². The molecule has 1 fully saturated rings. The number of ether oxygens (including phenoxy) is 1. The van der Waals surface area contributed by atoms with Gasteiger partial charge in [-0.1, -0.05) is 0 Å². The first kappa shape index (κ1) is 14.3. The average Bonchev–Trinajstić information content (AvgIpc) is 2.30. The highest BCUT2D eigenvalue weighted by Gasteiger charge is 2.27. The topological polar surface area (TPSA) is 41.6 Å². The second-order valence-electron chi connectivity index (χ2n) is 5.47. The monoisotopic (exact) mass is 242 g/mol. The summed E-state index contributed by atoms with van der Waals surface area (Å²) in [7, 11) is 2.01. The summed E-state index contributed by atoms with van der Waals surface area (Å²) in [5.74, 6) is 0.711. The summed E-state index contributed by atoms with van der Waals surface area (Å²) >= 11 is 0. The third-order valence-corrected chi connectivity index (χ3v) is 3.62. The zero-order valence-corrected chi connectivity index (χ0v) is 11.6. The maximum absolute atomic E-state index is 11.5. The van der Waals surface area contributed by atoms with E-state index >= 15 is 0 Å². The highest BCUT2D eigenvalue weighted by atomic mass is 16.6. The standard InChI is InChI=1S/C13H26N2O2/c1-5-17-12(16)15-8-6-11(7-9-15)10-13(2,3)14-4/h11,14H,5-10H2,1-4H3. The number of amides is 1. The number of hydrogen-bond acceptors (Lipinski definition) is 3. The van der Waals surface area contributed by atoms with Crippen molar-refractivity contribution < 1.29 is 9.53 Å². The Bertz CT molecular complexity index is 246. The van der Waals surface area contributed by atoms with Crippen molar-refractivity contribution >= 4 is 6.09 Å². The molecule has 100 valence electrons. The Balaban J connectivity index is 2.33. The molecule has 4 heteroatoms. The van der Waals surface area contributed by atoms with Gasteiger partial charge in [0.05, 0.1) is 6.61 Å². The van der Waals surface area contributed by atoms with Crippen molar-refractivity contribution in [2.75, 3.05) is 26.7 Å². The minimum Gasteiger partial charge on any atom is -0.450 e. The van der Waals surface area contributed by atoms with Crippen molar-refractivity contribution in [1.82, 2.24) is 10.2 Å². The predicted octanol–water partition coefficient (Wildman–Crippen LogP) is 2.24. The van der Waals surface area contributed by atoms with Crippen LogP contribution < -0.4 is 5.32 Å². The smallest absolute Gasteiger partial charge is 0.409 e. The van der Waals surface area contributed by atoms with Crippen LogP contribution in [0.2, 0.25) is 0 Å². The van der Waals surface area contributed by atoms with E-state index in [0.717, 1.165) is 25.9 Å². The number of rotatable bonds is 4. The van der Waals surface area contributed by atoms with E-state index in [1.54, 1.807) is 0 Å². The molecule has 1 aliphatic heterocycles. The predicted molar refractivity (Wildman–Crippen MR) is 69.1 cm³/mol. The quantitative estimate of drug-likeness (QED) is 0.822. The molecule has 4 nitrogen and oxygen atoms in total. The Morgan fingerprint density at radius 2 is 2.00 bits per heavy atom. The van der Waals surface area contributed by atoms with Crippen LogP contribution in [-0.2, 0) is 4.74 Å². The summed E-state index contributed by atoms with van der Waals surface area (Å²) in [5.41, 5.74) is 0.191. The summed E-state index contributed by atoms with van der Waals surface area (Å²) in [4.78, 5) is 13.4. The third-order valence-electron chi connectivity index (χ3n) is 3.62. The van der Waals surface area contributed by atoms with Crippen LogP contribution in [-0.4, -0.2) is 43.3 Å². The minimum absolute atomic E-state index is 0.154. The van der Waals surface area contributed by atoms with Gasteiger partial charge in [-0.15, -0.1) is 0 Å². The van der Waals surface area contributed by atoms with Gasteiger partial charge in [0.25, 0.3) is 0 Å². The zero-order valence-electron chi connectivity index (χ0n) is 11.6. The largest absolute Gasteiger partial charge is 0.450 e. The molecular formula is C13H26N2O2. The lowest BCUT2D eigenvalue weighted by atomic mass is 9.84. The van der Waals surface area contributed by atoms with E-state index in [9.17, 15) is 4.79 Å². The Hall–Kier alpha value is -0.770. The van der Waals surface area contributed by atoms with Gasteiger partial charge in [-0.3, -0.25) is 0 Å². The van der Waals surface area contributed by atoms with E-state index in [-0.39, 0.29) is 11.6 Å². The molecule has 0 aliphatic carbocycles. The molecule has 1 amide bonds. The molecule has 0 bridgehead atoms. The molecule has 0 aromatic rings. The Morgan fingerprint density at radius 1 is 1.41 bits per heavy atom. The van der Waals surface area contributed by atoms with Crippen LogP contribution in [0.25, 0.3) is 0 Å². The molecule has 0 saturated carbocycles. The van der Waals surface area contributed by atoms with Crippen molar-refractivity contribution in [3.63, 3.8) is 0 Å². The van der Waals surface area contributed by atoms with Gasteiger partial charge in [0.1, 0.15) is 0 Å². The molecule has 0 unspecified atom stereocenters. The van der Waals surface area contributed by atoms with Crippen LogP contribution in [0.4, 0.5) is 4.79 Å². The zero-order chi connectivity index (χ0) is 12.9. The fourth-order valence-corrected chi connectivity index (χ4v) is 2.36. The summed E-state index contributed by atoms with van der Waals surface area (Å²) in [6.45, 7) is 8.44. The fraction of sp³-hybridized carbons (Fsp3) is 0.923. The summed E-state index contributed by atoms with van der Waals surface area (Å²) in [6.07, 6.45) is 3.19. The molecule has 0 aromatic heterocycles. The van der Waals surface area contributed by atoms with Gasteiger partial charge >= 0.3 is 6.09 Å². The van der Waals surface area contributed by atoms with Crippen LogP contribution in [0.5, 0.6) is 0 Å². The van der Waals surface area contributed by atoms with Gasteiger partial charge in [-0.05, 0) is 53.0 Å². The number of likely N-dealkylation sites (tertiary alicyclic amines) is 1. The summed E-state index contributed by atoms with van der Waals surface area (Å²) in [6, 6.07) is 0. The van der Waals surface area contributed by atoms with Crippen LogP contribution in [0, 0.1) is 5.92 Å². The van der Waals surface area contributed by atoms with Crippen molar-refractivity contribution in [3.05, 3.63) is 0 Å². The summed E-state index contributed by atoms with van der Waals surface area (Å²) in [5, 5.41) is 3.34. The van der Waals surface area contributed by atoms with Crippen LogP contribution in [0.15, 0.2) is 0 Å². The molecule has 17 heavy (non-hydrogen) atoms. The molecule has 0 radical (unpaired) electrons. The molecule has 1 N–H and O–H groups in total. The maximum Gasteiger partial charge on any atom is 0.409 e. The van der Waals surface area contributed by atoms with Crippen LogP contribution in [0.3, 0.4) is 0 Å². The lowest BCUT2D eigenvalue weighted by Crippen LogP contribution is -2.43. The number of nitrogens with one attached hydrogen (secondary N) is 1. The van der Waals surface area contributed by atoms with Crippen molar-refractivity contribution in [2.45, 2.75) is 45.6 Å². The summed E-state index contributed by atoms with van der Waals surface area (Å²) < 4.78 is 5.01. The van der Waals surface area contributed by atoms with Crippen molar-refractivity contribution in [2.24, 2.45) is 5.92 Å². The molecule has 0 aromatic carbocycles. The number of hydrogen-bond donors (Lipinski definition) is 1. The SMILES string of the molecule is CCOC(=O)N1CCC(CC(C)(C)NC)CC1. The Morgan fingerprint density at radius 3 is 2.47 bits per heavy atom. The van der Waals surface area contributed by atoms with Gasteiger partial charge in [-0.25, -0.2) is 4.79 Å². The van der Waals surface area contributed by atoms with Gasteiger partial charge in [0.2, 0.25) is 0 Å². The molecule has 0 atom stereocenters. The van der Waals surface area contributed by atoms with Gasteiger partial charge in [-0.2, -0.15) is 0 Å². The first-order valence-corrected chi connectivity index (χ1v) is 6.59. The van der Waals surface area contributed by atoms with E-state index in [1.807, 2.05) is 18.9 Å².